The summed E-state index contributed by atoms with van der Waals surface area (Å²) in [5.74, 6) is -1.22. The predicted molar refractivity (Wildman–Crippen MR) is 97.6 cm³/mol. The lowest BCUT2D eigenvalue weighted by Crippen LogP contribution is -2.36. The Balaban J connectivity index is 2.20. The van der Waals surface area contributed by atoms with Crippen molar-refractivity contribution < 1.29 is 23.1 Å². The molecule has 1 aliphatic rings. The smallest absolute Gasteiger partial charge is 0.303 e. The molecule has 1 saturated heterocycles. The number of nitrogens with zero attached hydrogens (tertiary/aromatic N) is 2. The van der Waals surface area contributed by atoms with Crippen molar-refractivity contribution in [2.75, 3.05) is 26.7 Å². The van der Waals surface area contributed by atoms with Crippen LogP contribution in [-0.2, 0) is 14.8 Å². The summed E-state index contributed by atoms with van der Waals surface area (Å²) in [6, 6.07) is 4.70. The van der Waals surface area contributed by atoms with Gasteiger partial charge < -0.3 is 10.0 Å². The molecule has 7 nitrogen and oxygen atoms in total. The molecule has 1 aliphatic heterocycles. The van der Waals surface area contributed by atoms with Crippen molar-refractivity contribution in [3.8, 4) is 0 Å². The summed E-state index contributed by atoms with van der Waals surface area (Å²) in [6.45, 7) is 3.04. The van der Waals surface area contributed by atoms with Crippen LogP contribution in [0.25, 0.3) is 0 Å². The Kier molecular flexibility index (Phi) is 6.77. The standard InChI is InChI=1S/C18H26N2O5S/c1-14-8-9-15(18(23)19(2)10-6-7-17(21)22)13-16(14)26(24,25)20-11-4-3-5-12-20/h8-9,13H,3-7,10-12H2,1-2H3,(H,21,22). The molecule has 0 aliphatic carbocycles. The van der Waals surface area contributed by atoms with Crippen molar-refractivity contribution in [1.82, 2.24) is 9.21 Å². The van der Waals surface area contributed by atoms with E-state index in [9.17, 15) is 18.0 Å². The maximum absolute atomic E-state index is 12.9. The third-order valence-corrected chi connectivity index (χ3v) is 6.64. The van der Waals surface area contributed by atoms with Gasteiger partial charge in [-0.25, -0.2) is 8.42 Å². The van der Waals surface area contributed by atoms with Gasteiger partial charge >= 0.3 is 5.97 Å². The average molecular weight is 382 g/mol. The zero-order valence-electron chi connectivity index (χ0n) is 15.3. The normalized spacial score (nSPS) is 15.6. The summed E-state index contributed by atoms with van der Waals surface area (Å²) >= 11 is 0. The number of carbonyl (C=O) groups excluding carboxylic acids is 1. The molecule has 144 valence electrons. The maximum Gasteiger partial charge on any atom is 0.303 e. The van der Waals surface area contributed by atoms with Gasteiger partial charge in [-0.2, -0.15) is 4.31 Å². The molecule has 1 fully saturated rings. The second kappa shape index (κ2) is 8.64. The van der Waals surface area contributed by atoms with Crippen LogP contribution in [0.15, 0.2) is 23.1 Å². The quantitative estimate of drug-likeness (QED) is 0.779. The van der Waals surface area contributed by atoms with E-state index in [1.807, 2.05) is 0 Å². The van der Waals surface area contributed by atoms with Crippen molar-refractivity contribution >= 4 is 21.9 Å². The number of piperidine rings is 1. The summed E-state index contributed by atoms with van der Waals surface area (Å²) in [7, 11) is -2.03. The van der Waals surface area contributed by atoms with Gasteiger partial charge in [0.25, 0.3) is 5.91 Å². The van der Waals surface area contributed by atoms with Crippen molar-refractivity contribution in [3.05, 3.63) is 29.3 Å². The Morgan fingerprint density at radius 1 is 1.19 bits per heavy atom. The Hall–Kier alpha value is -1.93. The maximum atomic E-state index is 12.9. The Bertz CT molecular complexity index is 770. The van der Waals surface area contributed by atoms with E-state index in [2.05, 4.69) is 0 Å². The van der Waals surface area contributed by atoms with Crippen LogP contribution in [0.4, 0.5) is 0 Å². The fourth-order valence-electron chi connectivity index (χ4n) is 3.04. The predicted octanol–water partition coefficient (Wildman–Crippen LogP) is 2.11. The second-order valence-corrected chi connectivity index (χ2v) is 8.58. The number of hydrogen-bond donors (Lipinski definition) is 1. The van der Waals surface area contributed by atoms with Gasteiger partial charge in [0.05, 0.1) is 4.90 Å². The molecule has 0 aromatic heterocycles. The van der Waals surface area contributed by atoms with Gasteiger partial charge in [-0.05, 0) is 43.9 Å². The molecule has 0 saturated carbocycles. The molecule has 1 heterocycles. The Morgan fingerprint density at radius 2 is 1.85 bits per heavy atom. The summed E-state index contributed by atoms with van der Waals surface area (Å²) in [5, 5.41) is 8.69. The minimum Gasteiger partial charge on any atom is -0.481 e. The van der Waals surface area contributed by atoms with Gasteiger partial charge in [-0.3, -0.25) is 9.59 Å². The second-order valence-electron chi connectivity index (χ2n) is 6.67. The van der Waals surface area contributed by atoms with Crippen molar-refractivity contribution in [1.29, 1.82) is 0 Å². The molecule has 0 spiro atoms. The van der Waals surface area contributed by atoms with Crippen LogP contribution in [0.5, 0.6) is 0 Å². The number of hydrogen-bond acceptors (Lipinski definition) is 4. The van der Waals surface area contributed by atoms with Gasteiger partial charge in [0.2, 0.25) is 10.0 Å². The largest absolute Gasteiger partial charge is 0.481 e. The minimum absolute atomic E-state index is 0.0138. The first kappa shape index (κ1) is 20.4. The van der Waals surface area contributed by atoms with Crippen molar-refractivity contribution in [2.45, 2.75) is 43.9 Å². The van der Waals surface area contributed by atoms with Crippen LogP contribution in [0.2, 0.25) is 0 Å². The van der Waals surface area contributed by atoms with E-state index in [-0.39, 0.29) is 17.2 Å². The van der Waals surface area contributed by atoms with E-state index < -0.39 is 16.0 Å². The van der Waals surface area contributed by atoms with Gasteiger partial charge in [0.1, 0.15) is 0 Å². The lowest BCUT2D eigenvalue weighted by Gasteiger charge is -2.27. The number of carbonyl (C=O) groups is 2. The number of rotatable bonds is 7. The molecule has 1 N–H and O–H groups in total. The van der Waals surface area contributed by atoms with E-state index >= 15 is 0 Å². The highest BCUT2D eigenvalue weighted by Crippen LogP contribution is 2.24. The molecular formula is C18H26N2O5S. The Morgan fingerprint density at radius 3 is 2.46 bits per heavy atom. The topological polar surface area (TPSA) is 95.0 Å². The number of sulfonamides is 1. The number of aryl methyl sites for hydroxylation is 1. The lowest BCUT2D eigenvalue weighted by atomic mass is 10.1. The van der Waals surface area contributed by atoms with E-state index in [1.165, 1.54) is 15.3 Å². The summed E-state index contributed by atoms with van der Waals surface area (Å²) in [6.07, 6.45) is 3.07. The monoisotopic (exact) mass is 382 g/mol. The minimum atomic E-state index is -3.62. The molecule has 26 heavy (non-hydrogen) atoms. The molecule has 1 aromatic rings. The molecule has 0 atom stereocenters. The van der Waals surface area contributed by atoms with E-state index in [0.717, 1.165) is 19.3 Å². The van der Waals surface area contributed by atoms with Crippen LogP contribution in [-0.4, -0.2) is 61.3 Å². The fraction of sp³-hybridized carbons (Fsp3) is 0.556. The number of carboxylic acid groups (broad SMARTS) is 1. The van der Waals surface area contributed by atoms with Crippen LogP contribution in [0.3, 0.4) is 0 Å². The van der Waals surface area contributed by atoms with Crippen LogP contribution < -0.4 is 0 Å². The highest BCUT2D eigenvalue weighted by atomic mass is 32.2. The van der Waals surface area contributed by atoms with Gasteiger partial charge in [0, 0.05) is 38.7 Å². The van der Waals surface area contributed by atoms with Gasteiger partial charge in [-0.15, -0.1) is 0 Å². The molecule has 8 heteroatoms. The lowest BCUT2D eigenvalue weighted by molar-refractivity contribution is -0.137. The van der Waals surface area contributed by atoms with Crippen LogP contribution >= 0.6 is 0 Å². The summed E-state index contributed by atoms with van der Waals surface area (Å²) < 4.78 is 27.4. The molecule has 2 rings (SSSR count). The number of carboxylic acids is 1. The summed E-state index contributed by atoms with van der Waals surface area (Å²) in [4.78, 5) is 24.7. The summed E-state index contributed by atoms with van der Waals surface area (Å²) in [5.41, 5.74) is 0.907. The molecule has 0 unspecified atom stereocenters. The van der Waals surface area contributed by atoms with E-state index in [1.54, 1.807) is 26.1 Å². The number of benzene rings is 1. The number of aliphatic carboxylic acids is 1. The first-order valence-corrected chi connectivity index (χ1v) is 10.3. The van der Waals surface area contributed by atoms with Crippen LogP contribution in [0, 0.1) is 6.92 Å². The molecule has 1 amide bonds. The number of amides is 1. The fourth-order valence-corrected chi connectivity index (χ4v) is 4.81. The first-order valence-electron chi connectivity index (χ1n) is 8.81. The first-order chi connectivity index (χ1) is 12.2. The van der Waals surface area contributed by atoms with E-state index in [0.29, 0.717) is 37.2 Å². The van der Waals surface area contributed by atoms with Gasteiger partial charge in [-0.1, -0.05) is 12.5 Å². The van der Waals surface area contributed by atoms with Crippen molar-refractivity contribution in [3.63, 3.8) is 0 Å². The average Bonchev–Trinajstić information content (AvgIpc) is 2.61. The van der Waals surface area contributed by atoms with Gasteiger partial charge in [0.15, 0.2) is 0 Å². The zero-order valence-corrected chi connectivity index (χ0v) is 16.1. The third kappa shape index (κ3) is 4.82. The highest BCUT2D eigenvalue weighted by Gasteiger charge is 2.28. The zero-order chi connectivity index (χ0) is 19.3. The highest BCUT2D eigenvalue weighted by molar-refractivity contribution is 7.89. The molecule has 0 radical (unpaired) electrons. The van der Waals surface area contributed by atoms with Crippen molar-refractivity contribution in [2.24, 2.45) is 0 Å². The third-order valence-electron chi connectivity index (χ3n) is 4.60. The molecule has 1 aromatic carbocycles. The van der Waals surface area contributed by atoms with E-state index in [4.69, 9.17) is 5.11 Å². The Labute approximate surface area is 154 Å². The molecule has 0 bridgehead atoms. The van der Waals surface area contributed by atoms with Crippen LogP contribution in [0.1, 0.15) is 48.0 Å². The molecular weight excluding hydrogens is 356 g/mol. The SMILES string of the molecule is Cc1ccc(C(=O)N(C)CCCC(=O)O)cc1S(=O)(=O)N1CCCCC1.